The van der Waals surface area contributed by atoms with E-state index in [4.69, 9.17) is 14.6 Å². The van der Waals surface area contributed by atoms with Gasteiger partial charge in [-0.3, -0.25) is 4.79 Å². The van der Waals surface area contributed by atoms with Crippen molar-refractivity contribution < 1.29 is 14.3 Å². The Bertz CT molecular complexity index is 1090. The lowest BCUT2D eigenvalue weighted by Gasteiger charge is -2.22. The lowest BCUT2D eigenvalue weighted by Crippen LogP contribution is -2.31. The zero-order valence-electron chi connectivity index (χ0n) is 18.0. The van der Waals surface area contributed by atoms with Gasteiger partial charge in [-0.05, 0) is 54.3 Å². The van der Waals surface area contributed by atoms with Crippen molar-refractivity contribution in [3.8, 4) is 11.5 Å². The zero-order chi connectivity index (χ0) is 21.8. The van der Waals surface area contributed by atoms with Crippen LogP contribution in [0, 0.1) is 13.8 Å². The van der Waals surface area contributed by atoms with Gasteiger partial charge in [0, 0.05) is 6.42 Å². The Kier molecular flexibility index (Phi) is 6.03. The first-order chi connectivity index (χ1) is 15.1. The Balaban J connectivity index is 1.58. The highest BCUT2D eigenvalue weighted by atomic mass is 16.5. The van der Waals surface area contributed by atoms with Gasteiger partial charge in [0.15, 0.2) is 6.61 Å². The van der Waals surface area contributed by atoms with Crippen LogP contribution in [-0.4, -0.2) is 30.3 Å². The molecule has 1 unspecified atom stereocenters. The van der Waals surface area contributed by atoms with Crippen molar-refractivity contribution in [3.63, 3.8) is 0 Å². The summed E-state index contributed by atoms with van der Waals surface area (Å²) in [4.78, 5) is 13.2. The fourth-order valence-electron chi connectivity index (χ4n) is 3.72. The van der Waals surface area contributed by atoms with Gasteiger partial charge in [0.2, 0.25) is 0 Å². The number of benzene rings is 3. The summed E-state index contributed by atoms with van der Waals surface area (Å²) in [7, 11) is 1.64. The minimum atomic E-state index is -0.184. The monoisotopic (exact) mass is 414 g/mol. The van der Waals surface area contributed by atoms with Crippen LogP contribution in [0.3, 0.4) is 0 Å². The molecule has 0 bridgehead atoms. The molecule has 1 atom stereocenters. The van der Waals surface area contributed by atoms with E-state index < -0.39 is 0 Å². The van der Waals surface area contributed by atoms with E-state index in [9.17, 15) is 4.79 Å². The summed E-state index contributed by atoms with van der Waals surface area (Å²) in [5.74, 6) is 1.33. The second-order valence-corrected chi connectivity index (χ2v) is 7.63. The smallest absolute Gasteiger partial charge is 0.281 e. The predicted molar refractivity (Wildman–Crippen MR) is 122 cm³/mol. The molecule has 1 aliphatic heterocycles. The second kappa shape index (κ2) is 9.04. The number of hydrogen-bond acceptors (Lipinski definition) is 4. The summed E-state index contributed by atoms with van der Waals surface area (Å²) in [6, 6.07) is 23.4. The molecule has 0 radical (unpaired) electrons. The van der Waals surface area contributed by atoms with Gasteiger partial charge < -0.3 is 9.47 Å². The maximum Gasteiger partial charge on any atom is 0.281 e. The van der Waals surface area contributed by atoms with Gasteiger partial charge in [0.05, 0.1) is 18.9 Å². The molecule has 0 aromatic heterocycles. The van der Waals surface area contributed by atoms with E-state index in [0.717, 1.165) is 39.5 Å². The van der Waals surface area contributed by atoms with Crippen molar-refractivity contribution in [2.24, 2.45) is 5.10 Å². The zero-order valence-corrected chi connectivity index (χ0v) is 18.0. The van der Waals surface area contributed by atoms with Gasteiger partial charge in [-0.2, -0.15) is 5.10 Å². The number of hydrogen-bond donors (Lipinski definition) is 0. The van der Waals surface area contributed by atoms with Crippen molar-refractivity contribution in [2.45, 2.75) is 26.3 Å². The summed E-state index contributed by atoms with van der Waals surface area (Å²) in [5.41, 5.74) is 5.09. The summed E-state index contributed by atoms with van der Waals surface area (Å²) in [5, 5.41) is 6.26. The van der Waals surface area contributed by atoms with Crippen LogP contribution in [0.5, 0.6) is 11.5 Å². The molecule has 0 N–H and O–H groups in total. The van der Waals surface area contributed by atoms with E-state index >= 15 is 0 Å². The lowest BCUT2D eigenvalue weighted by atomic mass is 9.98. The first-order valence-electron chi connectivity index (χ1n) is 10.3. The normalized spacial score (nSPS) is 15.5. The van der Waals surface area contributed by atoms with Gasteiger partial charge in [-0.1, -0.05) is 54.6 Å². The summed E-state index contributed by atoms with van der Waals surface area (Å²) in [6.45, 7) is 3.96. The van der Waals surface area contributed by atoms with Gasteiger partial charge in [0.25, 0.3) is 5.91 Å². The van der Waals surface area contributed by atoms with E-state index in [2.05, 4.69) is 0 Å². The van der Waals surface area contributed by atoms with Crippen molar-refractivity contribution in [2.75, 3.05) is 13.7 Å². The van der Waals surface area contributed by atoms with Gasteiger partial charge in [-0.25, -0.2) is 5.01 Å². The van der Waals surface area contributed by atoms with Crippen LogP contribution in [0.2, 0.25) is 0 Å². The topological polar surface area (TPSA) is 51.1 Å². The lowest BCUT2D eigenvalue weighted by molar-refractivity contribution is -0.135. The minimum absolute atomic E-state index is 0.0669. The van der Waals surface area contributed by atoms with Gasteiger partial charge >= 0.3 is 0 Å². The van der Waals surface area contributed by atoms with Crippen LogP contribution in [0.15, 0.2) is 77.9 Å². The van der Waals surface area contributed by atoms with E-state index in [-0.39, 0.29) is 18.6 Å². The standard InChI is InChI=1S/C26H26N2O3/c1-18-8-7-11-25(19(18)2)31-17-26(29)28-24(21-12-14-22(30-3)15-13-21)16-23(27-28)20-9-5-4-6-10-20/h4-15,24H,16-17H2,1-3H3. The Labute approximate surface area is 182 Å². The molecule has 3 aromatic carbocycles. The number of ether oxygens (including phenoxy) is 2. The highest BCUT2D eigenvalue weighted by molar-refractivity contribution is 6.03. The molecule has 1 heterocycles. The Morgan fingerprint density at radius 3 is 2.45 bits per heavy atom. The number of amides is 1. The summed E-state index contributed by atoms with van der Waals surface area (Å²) >= 11 is 0. The SMILES string of the molecule is COc1ccc(C2CC(c3ccccc3)=NN2C(=O)COc2cccc(C)c2C)cc1. The van der Waals surface area contributed by atoms with Crippen LogP contribution < -0.4 is 9.47 Å². The maximum atomic E-state index is 13.2. The largest absolute Gasteiger partial charge is 0.497 e. The fourth-order valence-corrected chi connectivity index (χ4v) is 3.72. The van der Waals surface area contributed by atoms with Crippen LogP contribution >= 0.6 is 0 Å². The van der Waals surface area contributed by atoms with Crippen molar-refractivity contribution >= 4 is 11.6 Å². The first kappa shape index (κ1) is 20.7. The Hall–Kier alpha value is -3.60. The third-order valence-corrected chi connectivity index (χ3v) is 5.68. The third kappa shape index (κ3) is 4.45. The van der Waals surface area contributed by atoms with Crippen molar-refractivity contribution in [1.82, 2.24) is 5.01 Å². The molecule has 0 fully saturated rings. The molecule has 4 rings (SSSR count). The van der Waals surface area contributed by atoms with Crippen LogP contribution in [0.4, 0.5) is 0 Å². The molecular weight excluding hydrogens is 388 g/mol. The molecule has 0 aliphatic carbocycles. The van der Waals surface area contributed by atoms with Gasteiger partial charge in [-0.15, -0.1) is 0 Å². The molecule has 5 heteroatoms. The first-order valence-corrected chi connectivity index (χ1v) is 10.3. The number of carbonyl (C=O) groups is 1. The maximum absolute atomic E-state index is 13.2. The number of nitrogens with zero attached hydrogens (tertiary/aromatic N) is 2. The summed E-state index contributed by atoms with van der Waals surface area (Å²) < 4.78 is 11.1. The predicted octanol–water partition coefficient (Wildman–Crippen LogP) is 5.07. The average Bonchev–Trinajstić information content (AvgIpc) is 3.26. The number of methoxy groups -OCH3 is 1. The molecule has 31 heavy (non-hydrogen) atoms. The highest BCUT2D eigenvalue weighted by Gasteiger charge is 2.33. The van der Waals surface area contributed by atoms with E-state index in [1.165, 1.54) is 0 Å². The van der Waals surface area contributed by atoms with Gasteiger partial charge in [0.1, 0.15) is 11.5 Å². The van der Waals surface area contributed by atoms with Crippen molar-refractivity contribution in [1.29, 1.82) is 0 Å². The Morgan fingerprint density at radius 1 is 1.00 bits per heavy atom. The minimum Gasteiger partial charge on any atom is -0.497 e. The quantitative estimate of drug-likeness (QED) is 0.566. The molecule has 3 aromatic rings. The average molecular weight is 415 g/mol. The van der Waals surface area contributed by atoms with Crippen LogP contribution in [0.25, 0.3) is 0 Å². The number of hydrazone groups is 1. The molecule has 0 spiro atoms. The molecule has 1 amide bonds. The highest BCUT2D eigenvalue weighted by Crippen LogP contribution is 2.34. The summed E-state index contributed by atoms with van der Waals surface area (Å²) in [6.07, 6.45) is 0.644. The van der Waals surface area contributed by atoms with E-state index in [1.54, 1.807) is 12.1 Å². The number of aryl methyl sites for hydroxylation is 1. The van der Waals surface area contributed by atoms with Crippen LogP contribution in [-0.2, 0) is 4.79 Å². The van der Waals surface area contributed by atoms with Crippen LogP contribution in [0.1, 0.15) is 34.7 Å². The van der Waals surface area contributed by atoms with E-state index in [0.29, 0.717) is 6.42 Å². The number of rotatable bonds is 6. The Morgan fingerprint density at radius 2 is 1.74 bits per heavy atom. The molecular formula is C26H26N2O3. The third-order valence-electron chi connectivity index (χ3n) is 5.68. The van der Waals surface area contributed by atoms with Crippen molar-refractivity contribution in [3.05, 3.63) is 95.1 Å². The fraction of sp³-hybridized carbons (Fsp3) is 0.231. The number of carbonyl (C=O) groups excluding carboxylic acids is 1. The second-order valence-electron chi connectivity index (χ2n) is 7.63. The molecule has 0 saturated carbocycles. The molecule has 5 nitrogen and oxygen atoms in total. The molecule has 158 valence electrons. The molecule has 1 aliphatic rings. The van der Waals surface area contributed by atoms with E-state index in [1.807, 2.05) is 86.6 Å². The molecule has 0 saturated heterocycles.